The van der Waals surface area contributed by atoms with Crippen LogP contribution in [0.4, 0.5) is 5.95 Å². The highest BCUT2D eigenvalue weighted by molar-refractivity contribution is 7.09. The van der Waals surface area contributed by atoms with Gasteiger partial charge in [-0.15, -0.1) is 11.3 Å². The van der Waals surface area contributed by atoms with E-state index >= 15 is 0 Å². The number of thiophene rings is 1. The van der Waals surface area contributed by atoms with E-state index in [0.717, 1.165) is 12.8 Å². The molecule has 0 aromatic carbocycles. The van der Waals surface area contributed by atoms with E-state index in [9.17, 15) is 9.59 Å². The van der Waals surface area contributed by atoms with Crippen LogP contribution in [-0.2, 0) is 11.3 Å². The Hall–Kier alpha value is -2.15. The van der Waals surface area contributed by atoms with Crippen LogP contribution in [0.15, 0.2) is 28.4 Å². The molecule has 0 radical (unpaired) electrons. The first-order chi connectivity index (χ1) is 12.7. The van der Waals surface area contributed by atoms with E-state index in [0.29, 0.717) is 37.2 Å². The maximum absolute atomic E-state index is 12.5. The number of aromatic nitrogens is 2. The van der Waals surface area contributed by atoms with Gasteiger partial charge in [0.1, 0.15) is 0 Å². The second kappa shape index (κ2) is 7.61. The smallest absolute Gasteiger partial charge is 0.252 e. The Labute approximate surface area is 156 Å². The molecule has 3 heterocycles. The summed E-state index contributed by atoms with van der Waals surface area (Å²) in [5.74, 6) is 0.690. The monoisotopic (exact) mass is 372 g/mol. The number of likely N-dealkylation sites (tertiary alicyclic amines) is 1. The first-order valence-electron chi connectivity index (χ1n) is 9.36. The van der Waals surface area contributed by atoms with Crippen molar-refractivity contribution in [1.29, 1.82) is 0 Å². The van der Waals surface area contributed by atoms with Crippen LogP contribution in [-0.4, -0.2) is 33.4 Å². The number of carbonyl (C=O) groups is 1. The minimum absolute atomic E-state index is 0.00835. The third kappa shape index (κ3) is 3.82. The summed E-state index contributed by atoms with van der Waals surface area (Å²) in [6, 6.07) is 5.95. The lowest BCUT2D eigenvalue weighted by molar-refractivity contribution is -0.130. The van der Waals surface area contributed by atoms with E-state index < -0.39 is 0 Å². The van der Waals surface area contributed by atoms with Gasteiger partial charge in [-0.1, -0.05) is 25.3 Å². The average molecular weight is 372 g/mol. The van der Waals surface area contributed by atoms with Gasteiger partial charge in [-0.2, -0.15) is 0 Å². The number of hydrogen-bond acceptors (Lipinski definition) is 5. The summed E-state index contributed by atoms with van der Waals surface area (Å²) in [5, 5.41) is 5.20. The van der Waals surface area contributed by atoms with Gasteiger partial charge in [0.2, 0.25) is 11.9 Å². The van der Waals surface area contributed by atoms with E-state index in [1.165, 1.54) is 24.1 Å². The van der Waals surface area contributed by atoms with Gasteiger partial charge in [0.05, 0.1) is 12.2 Å². The van der Waals surface area contributed by atoms with Crippen LogP contribution in [0, 0.1) is 0 Å². The molecule has 138 valence electrons. The van der Waals surface area contributed by atoms with E-state index in [4.69, 9.17) is 0 Å². The molecular weight excluding hydrogens is 348 g/mol. The van der Waals surface area contributed by atoms with Crippen molar-refractivity contribution in [2.75, 3.05) is 11.9 Å². The zero-order valence-electron chi connectivity index (χ0n) is 14.7. The fraction of sp³-hybridized carbons (Fsp3) is 0.526. The molecule has 2 aromatic heterocycles. The lowest BCUT2D eigenvalue weighted by Crippen LogP contribution is -2.37. The molecule has 1 saturated carbocycles. The molecule has 1 aliphatic carbocycles. The van der Waals surface area contributed by atoms with Crippen molar-refractivity contribution in [2.24, 2.45) is 0 Å². The first kappa shape index (κ1) is 17.3. The second-order valence-electron chi connectivity index (χ2n) is 7.19. The molecule has 2 aliphatic rings. The van der Waals surface area contributed by atoms with Crippen LogP contribution >= 0.6 is 11.3 Å². The van der Waals surface area contributed by atoms with Crippen LogP contribution in [0.3, 0.4) is 0 Å². The first-order valence-corrected chi connectivity index (χ1v) is 10.2. The Morgan fingerprint density at radius 1 is 1.27 bits per heavy atom. The SMILES string of the molecule is O=C1CC(c2cc(=O)[nH]c(NCc3cccs3)n2)CN1C1CCCCC1. The Bertz CT molecular complexity index is 811. The quantitative estimate of drug-likeness (QED) is 0.845. The second-order valence-corrected chi connectivity index (χ2v) is 8.22. The molecule has 1 amide bonds. The Balaban J connectivity index is 1.47. The van der Waals surface area contributed by atoms with Gasteiger partial charge in [0.25, 0.3) is 5.56 Å². The molecule has 2 aromatic rings. The summed E-state index contributed by atoms with van der Waals surface area (Å²) >= 11 is 1.66. The largest absolute Gasteiger partial charge is 0.351 e. The van der Waals surface area contributed by atoms with E-state index in [2.05, 4.69) is 15.3 Å². The van der Waals surface area contributed by atoms with Gasteiger partial charge >= 0.3 is 0 Å². The van der Waals surface area contributed by atoms with Crippen LogP contribution in [0.1, 0.15) is 55.0 Å². The van der Waals surface area contributed by atoms with Crippen LogP contribution in [0.2, 0.25) is 0 Å². The summed E-state index contributed by atoms with van der Waals surface area (Å²) in [5.41, 5.74) is 0.543. The van der Waals surface area contributed by atoms with Gasteiger partial charge in [-0.3, -0.25) is 14.6 Å². The third-order valence-electron chi connectivity index (χ3n) is 5.36. The van der Waals surface area contributed by atoms with E-state index in [-0.39, 0.29) is 17.4 Å². The normalized spacial score (nSPS) is 21.3. The molecule has 0 bridgehead atoms. The van der Waals surface area contributed by atoms with E-state index in [1.54, 1.807) is 17.4 Å². The van der Waals surface area contributed by atoms with Gasteiger partial charge in [-0.25, -0.2) is 4.98 Å². The summed E-state index contributed by atoms with van der Waals surface area (Å²) in [7, 11) is 0. The Morgan fingerprint density at radius 3 is 2.88 bits per heavy atom. The number of nitrogens with one attached hydrogen (secondary N) is 2. The van der Waals surface area contributed by atoms with Crippen LogP contribution in [0.25, 0.3) is 0 Å². The molecule has 1 saturated heterocycles. The van der Waals surface area contributed by atoms with Crippen molar-refractivity contribution in [3.05, 3.63) is 44.5 Å². The molecule has 1 atom stereocenters. The topological polar surface area (TPSA) is 78.1 Å². The summed E-state index contributed by atoms with van der Waals surface area (Å²) < 4.78 is 0. The number of H-pyrrole nitrogens is 1. The molecule has 1 unspecified atom stereocenters. The minimum atomic E-state index is -0.174. The average Bonchev–Trinajstić information content (AvgIpc) is 3.30. The lowest BCUT2D eigenvalue weighted by atomic mass is 9.94. The van der Waals surface area contributed by atoms with Gasteiger partial charge in [0, 0.05) is 35.9 Å². The fourth-order valence-electron chi connectivity index (χ4n) is 4.03. The fourth-order valence-corrected chi connectivity index (χ4v) is 4.67. The van der Waals surface area contributed by atoms with Crippen molar-refractivity contribution >= 4 is 23.2 Å². The van der Waals surface area contributed by atoms with Crippen LogP contribution in [0.5, 0.6) is 0 Å². The van der Waals surface area contributed by atoms with Crippen LogP contribution < -0.4 is 10.9 Å². The standard InChI is InChI=1S/C19H24N4O2S/c24-17-10-16(21-19(22-17)20-11-15-7-4-8-26-15)13-9-18(25)23(12-13)14-5-2-1-3-6-14/h4,7-8,10,13-14H,1-3,5-6,9,11-12H2,(H2,20,21,22,24). The highest BCUT2D eigenvalue weighted by Gasteiger charge is 2.36. The third-order valence-corrected chi connectivity index (χ3v) is 6.24. The van der Waals surface area contributed by atoms with Gasteiger partial charge in [-0.05, 0) is 24.3 Å². The van der Waals surface area contributed by atoms with Crippen molar-refractivity contribution in [3.63, 3.8) is 0 Å². The summed E-state index contributed by atoms with van der Waals surface area (Å²) in [6.07, 6.45) is 6.36. The molecule has 2 N–H and O–H groups in total. The molecule has 1 aliphatic heterocycles. The number of anilines is 1. The highest BCUT2D eigenvalue weighted by Crippen LogP contribution is 2.32. The number of nitrogens with zero attached hydrogens (tertiary/aromatic N) is 2. The number of rotatable bonds is 5. The van der Waals surface area contributed by atoms with Crippen molar-refractivity contribution in [3.8, 4) is 0 Å². The maximum atomic E-state index is 12.5. The maximum Gasteiger partial charge on any atom is 0.252 e. The molecule has 6 nitrogen and oxygen atoms in total. The van der Waals surface area contributed by atoms with Gasteiger partial charge < -0.3 is 10.2 Å². The number of hydrogen-bond donors (Lipinski definition) is 2. The Morgan fingerprint density at radius 2 is 2.12 bits per heavy atom. The number of amides is 1. The molecule has 4 rings (SSSR count). The number of carbonyl (C=O) groups excluding carboxylic acids is 1. The summed E-state index contributed by atoms with van der Waals surface area (Å²) in [4.78, 5) is 35.1. The predicted molar refractivity (Wildman–Crippen MR) is 102 cm³/mol. The van der Waals surface area contributed by atoms with Crippen molar-refractivity contribution in [1.82, 2.24) is 14.9 Å². The van der Waals surface area contributed by atoms with Crippen molar-refractivity contribution in [2.45, 2.75) is 57.0 Å². The summed E-state index contributed by atoms with van der Waals surface area (Å²) in [6.45, 7) is 1.31. The van der Waals surface area contributed by atoms with Gasteiger partial charge in [0.15, 0.2) is 0 Å². The zero-order valence-corrected chi connectivity index (χ0v) is 15.6. The Kier molecular flexibility index (Phi) is 5.06. The molecular formula is C19H24N4O2S. The molecule has 2 fully saturated rings. The van der Waals surface area contributed by atoms with Crippen molar-refractivity contribution < 1.29 is 4.79 Å². The highest BCUT2D eigenvalue weighted by atomic mass is 32.1. The molecule has 7 heteroatoms. The predicted octanol–water partition coefficient (Wildman–Crippen LogP) is 3.09. The lowest BCUT2D eigenvalue weighted by Gasteiger charge is -2.31. The number of aromatic amines is 1. The zero-order chi connectivity index (χ0) is 17.9. The minimum Gasteiger partial charge on any atom is -0.351 e. The van der Waals surface area contributed by atoms with E-state index in [1.807, 2.05) is 22.4 Å². The molecule has 26 heavy (non-hydrogen) atoms. The molecule has 0 spiro atoms.